The summed E-state index contributed by atoms with van der Waals surface area (Å²) in [4.78, 5) is 13.0. The summed E-state index contributed by atoms with van der Waals surface area (Å²) in [5, 5.41) is 0. The number of benzene rings is 1. The van der Waals surface area contributed by atoms with Crippen molar-refractivity contribution in [3.8, 4) is 0 Å². The van der Waals surface area contributed by atoms with Gasteiger partial charge in [-0.2, -0.15) is 0 Å². The van der Waals surface area contributed by atoms with Gasteiger partial charge >= 0.3 is 5.97 Å². The van der Waals surface area contributed by atoms with E-state index in [9.17, 15) is 4.79 Å². The molecule has 3 nitrogen and oxygen atoms in total. The maximum absolute atomic E-state index is 13.0. The highest BCUT2D eigenvalue weighted by Gasteiger charge is 2.39. The number of carbonyl (C=O) groups is 1. The van der Waals surface area contributed by atoms with Crippen LogP contribution >= 0.6 is 0 Å². The Morgan fingerprint density at radius 1 is 0.812 bits per heavy atom. The Morgan fingerprint density at radius 3 is 2.03 bits per heavy atom. The standard InChI is InChI=1S/C29H44O3/c1-3-5-7-9-10-11-12-17-25-32-29(28(30)31-24-16-8-6-4-2)22-20-27(21-23-29)26-18-14-13-15-19-26/h13-15,18-22H,3-12,16-17,23-25H2,1-2H3. The van der Waals surface area contributed by atoms with Crippen molar-refractivity contribution in [1.82, 2.24) is 0 Å². The number of hydrogen-bond acceptors (Lipinski definition) is 3. The van der Waals surface area contributed by atoms with Crippen LogP contribution in [0.5, 0.6) is 0 Å². The summed E-state index contributed by atoms with van der Waals surface area (Å²) in [6, 6.07) is 10.3. The minimum absolute atomic E-state index is 0.242. The maximum atomic E-state index is 13.0. The fourth-order valence-corrected chi connectivity index (χ4v) is 4.09. The highest BCUT2D eigenvalue weighted by molar-refractivity contribution is 5.86. The molecule has 1 aromatic carbocycles. The van der Waals surface area contributed by atoms with E-state index in [1.54, 1.807) is 0 Å². The van der Waals surface area contributed by atoms with E-state index in [0.717, 1.165) is 36.8 Å². The van der Waals surface area contributed by atoms with Gasteiger partial charge < -0.3 is 9.47 Å². The Kier molecular flexibility index (Phi) is 13.1. The van der Waals surface area contributed by atoms with E-state index in [1.807, 2.05) is 30.4 Å². The van der Waals surface area contributed by atoms with Crippen molar-refractivity contribution in [2.24, 2.45) is 0 Å². The Labute approximate surface area is 196 Å². The topological polar surface area (TPSA) is 35.5 Å². The molecule has 0 aromatic heterocycles. The summed E-state index contributed by atoms with van der Waals surface area (Å²) >= 11 is 0. The van der Waals surface area contributed by atoms with Gasteiger partial charge in [-0.25, -0.2) is 4.79 Å². The van der Waals surface area contributed by atoms with Crippen LogP contribution in [0, 0.1) is 0 Å². The molecule has 0 saturated carbocycles. The van der Waals surface area contributed by atoms with Gasteiger partial charge in [0.25, 0.3) is 0 Å². The molecule has 1 aliphatic rings. The molecule has 0 aliphatic heterocycles. The number of rotatable bonds is 17. The second-order valence-corrected chi connectivity index (χ2v) is 8.97. The first-order chi connectivity index (χ1) is 15.7. The van der Waals surface area contributed by atoms with Crippen molar-refractivity contribution in [3.05, 3.63) is 54.1 Å². The summed E-state index contributed by atoms with van der Waals surface area (Å²) in [5.74, 6) is -0.242. The highest BCUT2D eigenvalue weighted by atomic mass is 16.6. The highest BCUT2D eigenvalue weighted by Crippen LogP contribution is 2.31. The Bertz CT molecular complexity index is 692. The second-order valence-electron chi connectivity index (χ2n) is 8.97. The molecule has 0 spiro atoms. The van der Waals surface area contributed by atoms with Gasteiger partial charge in [0, 0.05) is 13.0 Å². The zero-order valence-electron chi connectivity index (χ0n) is 20.5. The lowest BCUT2D eigenvalue weighted by Crippen LogP contribution is -2.42. The Morgan fingerprint density at radius 2 is 1.41 bits per heavy atom. The fourth-order valence-electron chi connectivity index (χ4n) is 4.09. The monoisotopic (exact) mass is 440 g/mol. The van der Waals surface area contributed by atoms with Crippen molar-refractivity contribution in [2.45, 2.75) is 103 Å². The van der Waals surface area contributed by atoms with Crippen LogP contribution < -0.4 is 0 Å². The summed E-state index contributed by atoms with van der Waals surface area (Å²) in [7, 11) is 0. The molecule has 0 bridgehead atoms. The van der Waals surface area contributed by atoms with E-state index < -0.39 is 5.60 Å². The third-order valence-electron chi connectivity index (χ3n) is 6.20. The number of allylic oxidation sites excluding steroid dienone is 2. The summed E-state index contributed by atoms with van der Waals surface area (Å²) in [5.41, 5.74) is 1.31. The fraction of sp³-hybridized carbons (Fsp3) is 0.621. The van der Waals surface area contributed by atoms with Crippen molar-refractivity contribution in [2.75, 3.05) is 13.2 Å². The molecular formula is C29H44O3. The largest absolute Gasteiger partial charge is 0.463 e. The summed E-state index contributed by atoms with van der Waals surface area (Å²) in [6.07, 6.45) is 21.0. The number of esters is 1. The van der Waals surface area contributed by atoms with E-state index in [-0.39, 0.29) is 5.97 Å². The number of carbonyl (C=O) groups excluding carboxylic acids is 1. The molecule has 178 valence electrons. The van der Waals surface area contributed by atoms with Gasteiger partial charge in [0.2, 0.25) is 0 Å². The SMILES string of the molecule is CCCCCCCCCCOC1(C(=O)OCCCCCC)C=CC(c2ccccc2)=CC1. The van der Waals surface area contributed by atoms with Crippen LogP contribution in [0.15, 0.2) is 48.6 Å². The van der Waals surface area contributed by atoms with Gasteiger partial charge in [0.1, 0.15) is 0 Å². The van der Waals surface area contributed by atoms with Crippen LogP contribution in [0.3, 0.4) is 0 Å². The van der Waals surface area contributed by atoms with Gasteiger partial charge in [0.15, 0.2) is 5.60 Å². The number of hydrogen-bond donors (Lipinski definition) is 0. The first kappa shape index (κ1) is 26.4. The molecule has 1 aliphatic carbocycles. The number of unbranched alkanes of at least 4 members (excludes halogenated alkanes) is 10. The van der Waals surface area contributed by atoms with Gasteiger partial charge in [-0.15, -0.1) is 0 Å². The van der Waals surface area contributed by atoms with Crippen molar-refractivity contribution >= 4 is 11.5 Å². The second kappa shape index (κ2) is 15.9. The smallest absolute Gasteiger partial charge is 0.342 e. The lowest BCUT2D eigenvalue weighted by atomic mass is 9.89. The maximum Gasteiger partial charge on any atom is 0.342 e. The van der Waals surface area contributed by atoms with Crippen LogP contribution in [0.1, 0.15) is 103 Å². The Hall–Kier alpha value is -1.87. The summed E-state index contributed by atoms with van der Waals surface area (Å²) < 4.78 is 11.9. The Balaban J connectivity index is 1.86. The average Bonchev–Trinajstić information content (AvgIpc) is 2.83. The minimum Gasteiger partial charge on any atom is -0.463 e. The molecule has 3 heteroatoms. The lowest BCUT2D eigenvalue weighted by Gasteiger charge is -2.30. The van der Waals surface area contributed by atoms with Gasteiger partial charge in [-0.05, 0) is 30.1 Å². The molecular weight excluding hydrogens is 396 g/mol. The average molecular weight is 441 g/mol. The minimum atomic E-state index is -0.982. The van der Waals surface area contributed by atoms with Crippen LogP contribution in [-0.2, 0) is 14.3 Å². The van der Waals surface area contributed by atoms with Crippen molar-refractivity contribution in [3.63, 3.8) is 0 Å². The van der Waals surface area contributed by atoms with E-state index >= 15 is 0 Å². The molecule has 2 rings (SSSR count). The van der Waals surface area contributed by atoms with Gasteiger partial charge in [-0.3, -0.25) is 0 Å². The van der Waals surface area contributed by atoms with Crippen molar-refractivity contribution < 1.29 is 14.3 Å². The van der Waals surface area contributed by atoms with Gasteiger partial charge in [-0.1, -0.05) is 121 Å². The lowest BCUT2D eigenvalue weighted by molar-refractivity contribution is -0.166. The molecule has 0 fully saturated rings. The van der Waals surface area contributed by atoms with Gasteiger partial charge in [0.05, 0.1) is 6.61 Å². The van der Waals surface area contributed by atoms with Crippen LogP contribution in [0.4, 0.5) is 0 Å². The third kappa shape index (κ3) is 9.32. The van der Waals surface area contributed by atoms with E-state index in [1.165, 1.54) is 51.4 Å². The summed E-state index contributed by atoms with van der Waals surface area (Å²) in [6.45, 7) is 5.51. The molecule has 0 N–H and O–H groups in total. The van der Waals surface area contributed by atoms with E-state index in [0.29, 0.717) is 19.6 Å². The quantitative estimate of drug-likeness (QED) is 0.181. The molecule has 0 heterocycles. The van der Waals surface area contributed by atoms with Crippen LogP contribution in [0.25, 0.3) is 5.57 Å². The van der Waals surface area contributed by atoms with Crippen LogP contribution in [0.2, 0.25) is 0 Å². The molecule has 0 saturated heterocycles. The molecule has 0 amide bonds. The van der Waals surface area contributed by atoms with Crippen LogP contribution in [-0.4, -0.2) is 24.8 Å². The zero-order chi connectivity index (χ0) is 22.9. The predicted molar refractivity (Wildman–Crippen MR) is 135 cm³/mol. The van der Waals surface area contributed by atoms with E-state index in [4.69, 9.17) is 9.47 Å². The molecule has 1 aromatic rings. The van der Waals surface area contributed by atoms with Crippen molar-refractivity contribution in [1.29, 1.82) is 0 Å². The molecule has 1 unspecified atom stereocenters. The first-order valence-corrected chi connectivity index (χ1v) is 13.0. The molecule has 0 radical (unpaired) electrons. The van der Waals surface area contributed by atoms with E-state index in [2.05, 4.69) is 32.1 Å². The first-order valence-electron chi connectivity index (χ1n) is 13.0. The predicted octanol–water partition coefficient (Wildman–Crippen LogP) is 8.05. The zero-order valence-corrected chi connectivity index (χ0v) is 20.5. The normalized spacial score (nSPS) is 17.9. The molecule has 1 atom stereocenters. The number of ether oxygens (including phenoxy) is 2. The molecule has 32 heavy (non-hydrogen) atoms. The third-order valence-corrected chi connectivity index (χ3v) is 6.20.